The van der Waals surface area contributed by atoms with E-state index in [0.29, 0.717) is 11.3 Å². The van der Waals surface area contributed by atoms with Crippen molar-refractivity contribution in [1.29, 1.82) is 0 Å². The number of ketones is 1. The van der Waals surface area contributed by atoms with Crippen molar-refractivity contribution in [3.8, 4) is 5.75 Å². The smallest absolute Gasteiger partial charge is 0.193 e. The van der Waals surface area contributed by atoms with Gasteiger partial charge in [-0.1, -0.05) is 0 Å². The number of hydrogen-bond acceptors (Lipinski definition) is 4. The molecule has 0 saturated carbocycles. The molecule has 0 unspecified atom stereocenters. The van der Waals surface area contributed by atoms with E-state index in [4.69, 9.17) is 9.47 Å². The van der Waals surface area contributed by atoms with E-state index < -0.39 is 6.10 Å². The fourth-order valence-electron chi connectivity index (χ4n) is 1.18. The number of methoxy groups -OCH3 is 2. The van der Waals surface area contributed by atoms with Crippen LogP contribution in [-0.4, -0.2) is 37.8 Å². The molecule has 1 atom stereocenters. The summed E-state index contributed by atoms with van der Waals surface area (Å²) in [7, 11) is 2.99. The van der Waals surface area contributed by atoms with Gasteiger partial charge in [0.05, 0.1) is 13.7 Å². The largest absolute Gasteiger partial charge is 0.497 e. The fraction of sp³-hybridized carbons (Fsp3) is 0.364. The highest BCUT2D eigenvalue weighted by atomic mass is 16.5. The molecule has 4 heteroatoms. The van der Waals surface area contributed by atoms with Crippen LogP contribution in [0.15, 0.2) is 24.3 Å². The number of benzene rings is 1. The first kappa shape index (κ1) is 11.7. The van der Waals surface area contributed by atoms with Crippen LogP contribution in [-0.2, 0) is 4.74 Å². The molecule has 0 spiro atoms. The minimum absolute atomic E-state index is 0.00482. The Hall–Kier alpha value is -1.39. The molecule has 0 aromatic heterocycles. The molecule has 1 aromatic carbocycles. The number of aliphatic hydroxyl groups is 1. The summed E-state index contributed by atoms with van der Waals surface area (Å²) < 4.78 is 9.65. The van der Waals surface area contributed by atoms with Gasteiger partial charge in [0.1, 0.15) is 11.9 Å². The van der Waals surface area contributed by atoms with Crippen LogP contribution in [0.25, 0.3) is 0 Å². The molecule has 0 heterocycles. The summed E-state index contributed by atoms with van der Waals surface area (Å²) in [4.78, 5) is 11.6. The van der Waals surface area contributed by atoms with Crippen molar-refractivity contribution < 1.29 is 19.4 Å². The number of carbonyl (C=O) groups excluding carboxylic acids is 1. The highest BCUT2D eigenvalue weighted by molar-refractivity contribution is 5.99. The molecule has 15 heavy (non-hydrogen) atoms. The Labute approximate surface area is 88.4 Å². The van der Waals surface area contributed by atoms with E-state index in [1.807, 2.05) is 0 Å². The minimum Gasteiger partial charge on any atom is -0.497 e. The number of ether oxygens (including phenoxy) is 2. The first-order valence-corrected chi connectivity index (χ1v) is 4.54. The van der Waals surface area contributed by atoms with E-state index in [2.05, 4.69) is 0 Å². The summed E-state index contributed by atoms with van der Waals surface area (Å²) in [5.41, 5.74) is 0.445. The van der Waals surface area contributed by atoms with Gasteiger partial charge in [0.25, 0.3) is 0 Å². The van der Waals surface area contributed by atoms with Crippen molar-refractivity contribution in [3.05, 3.63) is 29.8 Å². The molecule has 0 aliphatic rings. The molecule has 0 saturated heterocycles. The Kier molecular flexibility index (Phi) is 4.27. The number of aliphatic hydroxyl groups excluding tert-OH is 1. The van der Waals surface area contributed by atoms with E-state index in [9.17, 15) is 9.90 Å². The van der Waals surface area contributed by atoms with Crippen LogP contribution >= 0.6 is 0 Å². The molecule has 0 radical (unpaired) electrons. The summed E-state index contributed by atoms with van der Waals surface area (Å²) >= 11 is 0. The zero-order valence-electron chi connectivity index (χ0n) is 8.77. The lowest BCUT2D eigenvalue weighted by molar-refractivity contribution is 0.0476. The van der Waals surface area contributed by atoms with Gasteiger partial charge in [0, 0.05) is 12.7 Å². The van der Waals surface area contributed by atoms with Gasteiger partial charge in [-0.25, -0.2) is 0 Å². The van der Waals surface area contributed by atoms with Gasteiger partial charge in [-0.3, -0.25) is 4.79 Å². The molecule has 0 fully saturated rings. The summed E-state index contributed by atoms with van der Waals surface area (Å²) in [5, 5.41) is 9.39. The zero-order valence-corrected chi connectivity index (χ0v) is 8.77. The molecule has 4 nitrogen and oxygen atoms in total. The van der Waals surface area contributed by atoms with Gasteiger partial charge in [0.15, 0.2) is 5.78 Å². The Bertz CT molecular complexity index is 318. The van der Waals surface area contributed by atoms with E-state index >= 15 is 0 Å². The SMILES string of the molecule is COC[C@@H](O)C(=O)c1ccc(OC)cc1. The van der Waals surface area contributed by atoms with E-state index in [-0.39, 0.29) is 12.4 Å². The predicted molar refractivity (Wildman–Crippen MR) is 55.2 cm³/mol. The van der Waals surface area contributed by atoms with Gasteiger partial charge in [-0.2, -0.15) is 0 Å². The third kappa shape index (κ3) is 3.04. The second kappa shape index (κ2) is 5.48. The number of hydrogen-bond donors (Lipinski definition) is 1. The highest BCUT2D eigenvalue weighted by Crippen LogP contribution is 2.12. The van der Waals surface area contributed by atoms with Gasteiger partial charge < -0.3 is 14.6 Å². The second-order valence-corrected chi connectivity index (χ2v) is 3.06. The predicted octanol–water partition coefficient (Wildman–Crippen LogP) is 0.885. The first-order valence-electron chi connectivity index (χ1n) is 4.54. The Morgan fingerprint density at radius 1 is 1.33 bits per heavy atom. The van der Waals surface area contributed by atoms with Gasteiger partial charge in [0.2, 0.25) is 0 Å². The van der Waals surface area contributed by atoms with Crippen LogP contribution in [0.5, 0.6) is 5.75 Å². The third-order valence-electron chi connectivity index (χ3n) is 2.00. The molecule has 0 bridgehead atoms. The lowest BCUT2D eigenvalue weighted by Crippen LogP contribution is -2.25. The highest BCUT2D eigenvalue weighted by Gasteiger charge is 2.16. The summed E-state index contributed by atoms with van der Waals surface area (Å²) in [5.74, 6) is 0.326. The average molecular weight is 210 g/mol. The van der Waals surface area contributed by atoms with Crippen molar-refractivity contribution in [2.75, 3.05) is 20.8 Å². The molecule has 0 aliphatic heterocycles. The van der Waals surface area contributed by atoms with Gasteiger partial charge in [-0.05, 0) is 24.3 Å². The topological polar surface area (TPSA) is 55.8 Å². The zero-order chi connectivity index (χ0) is 11.3. The van der Waals surface area contributed by atoms with Crippen LogP contribution < -0.4 is 4.74 Å². The second-order valence-electron chi connectivity index (χ2n) is 3.06. The lowest BCUT2D eigenvalue weighted by atomic mass is 10.1. The normalized spacial score (nSPS) is 12.2. The fourth-order valence-corrected chi connectivity index (χ4v) is 1.18. The van der Waals surface area contributed by atoms with Crippen molar-refractivity contribution in [2.24, 2.45) is 0 Å². The van der Waals surface area contributed by atoms with Crippen molar-refractivity contribution >= 4 is 5.78 Å². The average Bonchev–Trinajstić information content (AvgIpc) is 2.28. The van der Waals surface area contributed by atoms with Crippen LogP contribution in [0.4, 0.5) is 0 Å². The number of Topliss-reactive ketones (excluding diaryl/α,β-unsaturated/α-hetero) is 1. The Morgan fingerprint density at radius 2 is 1.93 bits per heavy atom. The van der Waals surface area contributed by atoms with Gasteiger partial charge in [-0.15, -0.1) is 0 Å². The molecular weight excluding hydrogens is 196 g/mol. The number of rotatable bonds is 5. The van der Waals surface area contributed by atoms with Crippen LogP contribution in [0.3, 0.4) is 0 Å². The van der Waals surface area contributed by atoms with Crippen LogP contribution in [0, 0.1) is 0 Å². The standard InChI is InChI=1S/C11H14O4/c1-14-7-10(12)11(13)8-3-5-9(15-2)6-4-8/h3-6,10,12H,7H2,1-2H3/t10-/m1/s1. The Balaban J connectivity index is 2.73. The van der Waals surface area contributed by atoms with Crippen LogP contribution in [0.1, 0.15) is 10.4 Å². The maximum absolute atomic E-state index is 11.6. The number of carbonyl (C=O) groups is 1. The summed E-state index contributed by atoms with van der Waals surface area (Å²) in [6.45, 7) is 0.00482. The lowest BCUT2D eigenvalue weighted by Gasteiger charge is -2.08. The van der Waals surface area contributed by atoms with Crippen LogP contribution in [0.2, 0.25) is 0 Å². The molecule has 0 aliphatic carbocycles. The third-order valence-corrected chi connectivity index (χ3v) is 2.00. The maximum Gasteiger partial charge on any atom is 0.193 e. The van der Waals surface area contributed by atoms with Crippen molar-refractivity contribution in [3.63, 3.8) is 0 Å². The Morgan fingerprint density at radius 3 is 2.40 bits per heavy atom. The molecule has 1 rings (SSSR count). The molecule has 0 amide bonds. The van der Waals surface area contributed by atoms with E-state index in [1.54, 1.807) is 31.4 Å². The van der Waals surface area contributed by atoms with Crippen molar-refractivity contribution in [2.45, 2.75) is 6.10 Å². The monoisotopic (exact) mass is 210 g/mol. The summed E-state index contributed by atoms with van der Waals surface area (Å²) in [6, 6.07) is 6.57. The molecule has 1 aromatic rings. The van der Waals surface area contributed by atoms with Crippen molar-refractivity contribution in [1.82, 2.24) is 0 Å². The quantitative estimate of drug-likeness (QED) is 0.733. The van der Waals surface area contributed by atoms with Gasteiger partial charge >= 0.3 is 0 Å². The molecule has 82 valence electrons. The summed E-state index contributed by atoms with van der Waals surface area (Å²) in [6.07, 6.45) is -1.11. The van der Waals surface area contributed by atoms with E-state index in [0.717, 1.165) is 0 Å². The first-order chi connectivity index (χ1) is 7.19. The minimum atomic E-state index is -1.11. The maximum atomic E-state index is 11.6. The molecular formula is C11H14O4. The van der Waals surface area contributed by atoms with E-state index in [1.165, 1.54) is 7.11 Å². The molecule has 1 N–H and O–H groups in total.